The van der Waals surface area contributed by atoms with Crippen molar-refractivity contribution in [1.82, 2.24) is 5.32 Å². The summed E-state index contributed by atoms with van der Waals surface area (Å²) in [5.74, 6) is -4.11. The third-order valence-electron chi connectivity index (χ3n) is 4.18. The van der Waals surface area contributed by atoms with Crippen LogP contribution in [0.15, 0.2) is 30.3 Å². The smallest absolute Gasteiger partial charge is 0.310 e. The summed E-state index contributed by atoms with van der Waals surface area (Å²) in [5, 5.41) is 3.33. The minimum Gasteiger partial charge on any atom is -0.466 e. The number of hydrogen-bond donors (Lipinski definition) is 1. The van der Waals surface area contributed by atoms with Crippen molar-refractivity contribution in [1.29, 1.82) is 0 Å². The van der Waals surface area contributed by atoms with Crippen LogP contribution in [0.1, 0.15) is 44.7 Å². The second-order valence-electron chi connectivity index (χ2n) is 5.86. The monoisotopic (exact) mass is 391 g/mol. The molecule has 0 amide bonds. The summed E-state index contributed by atoms with van der Waals surface area (Å²) in [5.41, 5.74) is 1.07. The molecule has 3 atom stereocenters. The molecule has 1 aliphatic rings. The highest BCUT2D eigenvalue weighted by Crippen LogP contribution is 2.38. The molecular weight excluding hydrogens is 368 g/mol. The van der Waals surface area contributed by atoms with Gasteiger partial charge in [0.15, 0.2) is 0 Å². The van der Waals surface area contributed by atoms with E-state index < -0.39 is 24.2 Å². The van der Waals surface area contributed by atoms with Gasteiger partial charge in [-0.1, -0.05) is 30.3 Å². The normalized spacial score (nSPS) is 24.3. The Bertz CT molecular complexity index is 499. The lowest BCUT2D eigenvalue weighted by Gasteiger charge is -2.36. The average molecular weight is 392 g/mol. The molecule has 0 aliphatic heterocycles. The highest BCUT2D eigenvalue weighted by Gasteiger charge is 2.45. The Balaban J connectivity index is 0.00000264. The van der Waals surface area contributed by atoms with E-state index in [1.54, 1.807) is 6.92 Å². The van der Waals surface area contributed by atoms with E-state index in [0.717, 1.165) is 5.56 Å². The van der Waals surface area contributed by atoms with Gasteiger partial charge in [0, 0.05) is 24.9 Å². The summed E-state index contributed by atoms with van der Waals surface area (Å²) in [6, 6.07) is 9.47. The summed E-state index contributed by atoms with van der Waals surface area (Å²) in [6.07, 6.45) is -0.360. The zero-order valence-corrected chi connectivity index (χ0v) is 15.1. The van der Waals surface area contributed by atoms with Crippen molar-refractivity contribution < 1.29 is 18.3 Å². The Kier molecular flexibility index (Phi) is 7.61. The first kappa shape index (κ1) is 20.0. The van der Waals surface area contributed by atoms with E-state index in [-0.39, 0.29) is 48.5 Å². The third kappa shape index (κ3) is 5.53. The topological polar surface area (TPSA) is 38.3 Å². The molecule has 0 saturated heterocycles. The largest absolute Gasteiger partial charge is 0.466 e. The lowest BCUT2D eigenvalue weighted by atomic mass is 9.81. The van der Waals surface area contributed by atoms with Crippen LogP contribution in [0.2, 0.25) is 0 Å². The maximum absolute atomic E-state index is 13.7. The van der Waals surface area contributed by atoms with E-state index in [2.05, 4.69) is 5.32 Å². The maximum atomic E-state index is 13.7. The highest BCUT2D eigenvalue weighted by atomic mass is 79.9. The number of carbonyl (C=O) groups is 1. The Morgan fingerprint density at radius 3 is 2.65 bits per heavy atom. The lowest BCUT2D eigenvalue weighted by molar-refractivity contribution is -0.157. The fraction of sp³-hybridized carbons (Fsp3) is 0.588. The standard InChI is InChI=1S/C17H23F2NO2.BrH/c1-3-22-16(21)14-11-17(18,19)10-9-15(14)20-12(2)13-7-5-4-6-8-13;/h4-8,12,14-15,20H,3,9-11H2,1-2H3;1H/t12-,14+,15-;/m0./s1. The Morgan fingerprint density at radius 1 is 1.39 bits per heavy atom. The minimum absolute atomic E-state index is 0. The average Bonchev–Trinajstić information content (AvgIpc) is 2.50. The molecule has 0 bridgehead atoms. The molecule has 0 unspecified atom stereocenters. The van der Waals surface area contributed by atoms with Gasteiger partial charge in [-0.3, -0.25) is 4.79 Å². The maximum Gasteiger partial charge on any atom is 0.310 e. The van der Waals surface area contributed by atoms with Crippen molar-refractivity contribution in [3.63, 3.8) is 0 Å². The number of rotatable bonds is 5. The number of halogens is 3. The molecule has 1 aromatic carbocycles. The van der Waals surface area contributed by atoms with Crippen molar-refractivity contribution in [3.05, 3.63) is 35.9 Å². The van der Waals surface area contributed by atoms with E-state index in [0.29, 0.717) is 0 Å². The molecule has 1 fully saturated rings. The molecular formula is C17H24BrF2NO2. The number of nitrogens with one attached hydrogen (secondary N) is 1. The number of alkyl halides is 2. The summed E-state index contributed by atoms with van der Waals surface area (Å²) in [4.78, 5) is 12.0. The van der Waals surface area contributed by atoms with Crippen LogP contribution in [0, 0.1) is 5.92 Å². The van der Waals surface area contributed by atoms with Gasteiger partial charge >= 0.3 is 5.97 Å². The minimum atomic E-state index is -2.79. The molecule has 0 heterocycles. The van der Waals surface area contributed by atoms with Crippen LogP contribution in [0.5, 0.6) is 0 Å². The van der Waals surface area contributed by atoms with Crippen molar-refractivity contribution in [3.8, 4) is 0 Å². The molecule has 1 saturated carbocycles. The SMILES string of the molecule is Br.CCOC(=O)[C@@H]1CC(F)(F)CC[C@@H]1N[C@@H](C)c1ccccc1. The van der Waals surface area contributed by atoms with Crippen LogP contribution >= 0.6 is 17.0 Å². The first-order valence-corrected chi connectivity index (χ1v) is 7.78. The van der Waals surface area contributed by atoms with Crippen molar-refractivity contribution in [2.24, 2.45) is 5.92 Å². The first-order valence-electron chi connectivity index (χ1n) is 7.78. The molecule has 130 valence electrons. The van der Waals surface area contributed by atoms with Crippen LogP contribution in [0.3, 0.4) is 0 Å². The van der Waals surface area contributed by atoms with E-state index in [1.807, 2.05) is 37.3 Å². The summed E-state index contributed by atoms with van der Waals surface area (Å²) in [7, 11) is 0. The number of carbonyl (C=O) groups excluding carboxylic acids is 1. The Labute approximate surface area is 146 Å². The summed E-state index contributed by atoms with van der Waals surface area (Å²) < 4.78 is 32.3. The van der Waals surface area contributed by atoms with Crippen molar-refractivity contribution in [2.75, 3.05) is 6.61 Å². The molecule has 0 spiro atoms. The van der Waals surface area contributed by atoms with Gasteiger partial charge in [0.25, 0.3) is 0 Å². The molecule has 1 N–H and O–H groups in total. The van der Waals surface area contributed by atoms with Crippen LogP contribution < -0.4 is 5.32 Å². The van der Waals surface area contributed by atoms with Crippen LogP contribution in [0.25, 0.3) is 0 Å². The van der Waals surface area contributed by atoms with Gasteiger partial charge in [0.1, 0.15) is 0 Å². The first-order chi connectivity index (χ1) is 10.4. The molecule has 23 heavy (non-hydrogen) atoms. The van der Waals surface area contributed by atoms with Crippen LogP contribution in [-0.4, -0.2) is 24.5 Å². The van der Waals surface area contributed by atoms with Gasteiger partial charge in [0.2, 0.25) is 5.92 Å². The summed E-state index contributed by atoms with van der Waals surface area (Å²) in [6.45, 7) is 3.88. The molecule has 1 aromatic rings. The second kappa shape index (κ2) is 8.73. The zero-order chi connectivity index (χ0) is 16.2. The van der Waals surface area contributed by atoms with Gasteiger partial charge in [-0.05, 0) is 25.8 Å². The Hall–Kier alpha value is -1.01. The quantitative estimate of drug-likeness (QED) is 0.761. The van der Waals surface area contributed by atoms with Crippen LogP contribution in [-0.2, 0) is 9.53 Å². The number of benzene rings is 1. The molecule has 2 rings (SSSR count). The van der Waals surface area contributed by atoms with Crippen molar-refractivity contribution in [2.45, 2.75) is 51.1 Å². The van der Waals surface area contributed by atoms with E-state index in [4.69, 9.17) is 4.74 Å². The number of esters is 1. The van der Waals surface area contributed by atoms with E-state index in [9.17, 15) is 13.6 Å². The Morgan fingerprint density at radius 2 is 2.04 bits per heavy atom. The summed E-state index contributed by atoms with van der Waals surface area (Å²) >= 11 is 0. The van der Waals surface area contributed by atoms with E-state index in [1.165, 1.54) is 0 Å². The molecule has 0 radical (unpaired) electrons. The van der Waals surface area contributed by atoms with Crippen molar-refractivity contribution >= 4 is 23.0 Å². The predicted molar refractivity (Wildman–Crippen MR) is 91.0 cm³/mol. The molecule has 1 aliphatic carbocycles. The van der Waals surface area contributed by atoms with Gasteiger partial charge < -0.3 is 10.1 Å². The van der Waals surface area contributed by atoms with Gasteiger partial charge in [-0.15, -0.1) is 17.0 Å². The van der Waals surface area contributed by atoms with Gasteiger partial charge in [-0.25, -0.2) is 8.78 Å². The predicted octanol–water partition coefficient (Wildman–Crippen LogP) is 4.28. The fourth-order valence-corrected chi connectivity index (χ4v) is 2.99. The van der Waals surface area contributed by atoms with Crippen LogP contribution in [0.4, 0.5) is 8.78 Å². The number of ether oxygens (including phenoxy) is 1. The number of hydrogen-bond acceptors (Lipinski definition) is 3. The molecule has 6 heteroatoms. The molecule has 3 nitrogen and oxygen atoms in total. The third-order valence-corrected chi connectivity index (χ3v) is 4.18. The second-order valence-corrected chi connectivity index (χ2v) is 5.86. The van der Waals surface area contributed by atoms with E-state index >= 15 is 0 Å². The van der Waals surface area contributed by atoms with Gasteiger partial charge in [0.05, 0.1) is 12.5 Å². The zero-order valence-electron chi connectivity index (χ0n) is 13.4. The lowest BCUT2D eigenvalue weighted by Crippen LogP contribution is -2.48. The highest BCUT2D eigenvalue weighted by molar-refractivity contribution is 8.93. The van der Waals surface area contributed by atoms with Gasteiger partial charge in [-0.2, -0.15) is 0 Å². The fourth-order valence-electron chi connectivity index (χ4n) is 2.99. The molecule has 0 aromatic heterocycles.